The summed E-state index contributed by atoms with van der Waals surface area (Å²) in [6.07, 6.45) is 5.69. The van der Waals surface area contributed by atoms with Crippen LogP contribution in [-0.4, -0.2) is 6.71 Å². The van der Waals surface area contributed by atoms with E-state index in [0.29, 0.717) is 0 Å². The molecule has 0 saturated heterocycles. The van der Waals surface area contributed by atoms with Crippen LogP contribution in [0, 0.1) is 13.8 Å². The number of rotatable bonds is 4. The Bertz CT molecular complexity index is 1860. The van der Waals surface area contributed by atoms with Gasteiger partial charge in [0.2, 0.25) is 5.88 Å². The lowest BCUT2D eigenvalue weighted by molar-refractivity contribution is 0.613. The molecule has 0 saturated carbocycles. The first-order valence-electron chi connectivity index (χ1n) is 15.1. The second kappa shape index (κ2) is 8.40. The molecule has 8 rings (SSSR count). The Labute approximate surface area is 238 Å². The van der Waals surface area contributed by atoms with Gasteiger partial charge in [0, 0.05) is 22.0 Å². The normalized spacial score (nSPS) is 15.8. The van der Waals surface area contributed by atoms with Gasteiger partial charge in [-0.25, -0.2) is 0 Å². The zero-order chi connectivity index (χ0) is 27.3. The van der Waals surface area contributed by atoms with Gasteiger partial charge in [-0.15, -0.1) is 0 Å². The fraction of sp³-hybridized carbons (Fsp3) is 0.297. The van der Waals surface area contributed by atoms with Crippen LogP contribution >= 0.6 is 0 Å². The number of nitrogens with zero attached hydrogens (tertiary/aromatic N) is 1. The Morgan fingerprint density at radius 3 is 2.50 bits per heavy atom. The lowest BCUT2D eigenvalue weighted by atomic mass is 9.30. The first kappa shape index (κ1) is 24.1. The quantitative estimate of drug-likeness (QED) is 0.224. The average Bonchev–Trinajstić information content (AvgIpc) is 3.29. The zero-order valence-corrected chi connectivity index (χ0v) is 24.3. The smallest absolute Gasteiger partial charge is 0.252 e. The van der Waals surface area contributed by atoms with E-state index in [4.69, 9.17) is 4.42 Å². The molecule has 2 nitrogen and oxygen atoms in total. The van der Waals surface area contributed by atoms with Gasteiger partial charge in [0.1, 0.15) is 5.58 Å². The van der Waals surface area contributed by atoms with E-state index in [0.717, 1.165) is 24.3 Å². The lowest BCUT2D eigenvalue weighted by Gasteiger charge is -2.44. The molecule has 1 aromatic heterocycles. The standard InChI is InChI=1S/C37H36BNO/c1-6-7-10-25-12-8-13-27-33-36(40-35(25)27)39(31-14-9-11-24-16-17-26(24)31)32-21-23(3)19-29-34(32)38(33)30-20-22(2)15-18-28(30)37(29,4)5/h8-9,11-15,18-21H,6-7,10,16-17H2,1-5H3. The van der Waals surface area contributed by atoms with Crippen LogP contribution in [-0.2, 0) is 24.7 Å². The van der Waals surface area contributed by atoms with Crippen LogP contribution < -0.4 is 21.3 Å². The summed E-state index contributed by atoms with van der Waals surface area (Å²) in [5.74, 6) is 1.01. The summed E-state index contributed by atoms with van der Waals surface area (Å²) in [6, 6.07) is 25.7. The van der Waals surface area contributed by atoms with E-state index in [9.17, 15) is 0 Å². The summed E-state index contributed by atoms with van der Waals surface area (Å²) in [5, 5.41) is 1.28. The predicted molar refractivity (Wildman–Crippen MR) is 170 cm³/mol. The van der Waals surface area contributed by atoms with Crippen molar-refractivity contribution >= 4 is 51.3 Å². The maximum atomic E-state index is 7.12. The third-order valence-corrected chi connectivity index (χ3v) is 9.94. The number of fused-ring (bicyclic) bond motifs is 7. The molecule has 40 heavy (non-hydrogen) atoms. The molecule has 3 heteroatoms. The largest absolute Gasteiger partial charge is 0.440 e. The summed E-state index contributed by atoms with van der Waals surface area (Å²) in [4.78, 5) is 2.50. The van der Waals surface area contributed by atoms with Crippen molar-refractivity contribution in [3.8, 4) is 0 Å². The Kier molecular flexibility index (Phi) is 5.06. The highest BCUT2D eigenvalue weighted by Crippen LogP contribution is 2.47. The molecule has 3 heterocycles. The van der Waals surface area contributed by atoms with Gasteiger partial charge in [0.05, 0.1) is 5.69 Å². The number of aryl methyl sites for hydroxylation is 4. The number of anilines is 3. The van der Waals surface area contributed by atoms with Gasteiger partial charge in [-0.3, -0.25) is 4.90 Å². The minimum atomic E-state index is -0.0909. The number of hydrogen-bond acceptors (Lipinski definition) is 2. The molecule has 3 aliphatic rings. The predicted octanol–water partition coefficient (Wildman–Crippen LogP) is 7.43. The molecule has 0 fully saturated rings. The van der Waals surface area contributed by atoms with Gasteiger partial charge in [-0.1, -0.05) is 92.8 Å². The van der Waals surface area contributed by atoms with E-state index in [2.05, 4.69) is 106 Å². The van der Waals surface area contributed by atoms with E-state index in [1.807, 2.05) is 0 Å². The number of unbranched alkanes of at least 4 members (excludes halogenated alkanes) is 1. The third kappa shape index (κ3) is 3.12. The fourth-order valence-electron chi connectivity index (χ4n) is 7.85. The number of furan rings is 1. The van der Waals surface area contributed by atoms with Crippen molar-refractivity contribution in [1.29, 1.82) is 0 Å². The minimum absolute atomic E-state index is 0.0909. The van der Waals surface area contributed by atoms with Crippen LogP contribution in [0.1, 0.15) is 72.6 Å². The van der Waals surface area contributed by atoms with Crippen molar-refractivity contribution in [3.63, 3.8) is 0 Å². The van der Waals surface area contributed by atoms with Crippen LogP contribution in [0.15, 0.2) is 71.1 Å². The molecule has 0 radical (unpaired) electrons. The molecule has 0 bridgehead atoms. The Hall–Kier alpha value is -3.72. The van der Waals surface area contributed by atoms with Crippen LogP contribution in [0.2, 0.25) is 0 Å². The molecule has 0 N–H and O–H groups in total. The van der Waals surface area contributed by atoms with Gasteiger partial charge in [0.15, 0.2) is 0 Å². The summed E-state index contributed by atoms with van der Waals surface area (Å²) in [5.41, 5.74) is 17.6. The van der Waals surface area contributed by atoms with Crippen LogP contribution in [0.5, 0.6) is 0 Å². The highest BCUT2D eigenvalue weighted by atomic mass is 16.4. The van der Waals surface area contributed by atoms with Crippen molar-refractivity contribution in [2.45, 2.75) is 72.1 Å². The zero-order valence-electron chi connectivity index (χ0n) is 24.3. The summed E-state index contributed by atoms with van der Waals surface area (Å²) in [6.45, 7) is 11.7. The maximum absolute atomic E-state index is 7.12. The highest BCUT2D eigenvalue weighted by Gasteiger charge is 2.48. The molecule has 0 atom stereocenters. The van der Waals surface area contributed by atoms with E-state index in [1.54, 1.807) is 0 Å². The topological polar surface area (TPSA) is 16.4 Å². The SMILES string of the molecule is CCCCc1cccc2c3c(oc12)N(c1cccc2c1CC2)c1cc(C)cc2c1B3c1cc(C)ccc1C2(C)C. The van der Waals surface area contributed by atoms with E-state index >= 15 is 0 Å². The molecule has 2 aliphatic heterocycles. The first-order valence-corrected chi connectivity index (χ1v) is 15.1. The highest BCUT2D eigenvalue weighted by molar-refractivity contribution is 7.00. The van der Waals surface area contributed by atoms with Gasteiger partial charge >= 0.3 is 0 Å². The van der Waals surface area contributed by atoms with Crippen LogP contribution in [0.25, 0.3) is 11.0 Å². The number of benzene rings is 4. The molecule has 0 amide bonds. The molecule has 198 valence electrons. The number of hydrogen-bond donors (Lipinski definition) is 0. The minimum Gasteiger partial charge on any atom is -0.440 e. The van der Waals surface area contributed by atoms with Gasteiger partial charge in [-0.05, 0) is 90.5 Å². The van der Waals surface area contributed by atoms with E-state index in [1.165, 1.54) is 91.4 Å². The Morgan fingerprint density at radius 1 is 0.850 bits per heavy atom. The van der Waals surface area contributed by atoms with Crippen molar-refractivity contribution in [2.75, 3.05) is 4.90 Å². The van der Waals surface area contributed by atoms with Crippen molar-refractivity contribution in [2.24, 2.45) is 0 Å². The second-order valence-corrected chi connectivity index (χ2v) is 12.9. The van der Waals surface area contributed by atoms with Crippen LogP contribution in [0.3, 0.4) is 0 Å². The van der Waals surface area contributed by atoms with Gasteiger partial charge in [-0.2, -0.15) is 0 Å². The number of para-hydroxylation sites is 1. The van der Waals surface area contributed by atoms with E-state index < -0.39 is 0 Å². The monoisotopic (exact) mass is 521 g/mol. The molecule has 4 aromatic carbocycles. The summed E-state index contributed by atoms with van der Waals surface area (Å²) in [7, 11) is 0. The molecule has 0 spiro atoms. The van der Waals surface area contributed by atoms with Gasteiger partial charge in [0.25, 0.3) is 6.71 Å². The van der Waals surface area contributed by atoms with Crippen LogP contribution in [0.4, 0.5) is 17.3 Å². The fourth-order valence-corrected chi connectivity index (χ4v) is 7.85. The molecule has 5 aromatic rings. The van der Waals surface area contributed by atoms with E-state index in [-0.39, 0.29) is 12.1 Å². The van der Waals surface area contributed by atoms with Gasteiger partial charge < -0.3 is 4.42 Å². The van der Waals surface area contributed by atoms with Crippen molar-refractivity contribution in [1.82, 2.24) is 0 Å². The first-order chi connectivity index (χ1) is 19.4. The summed E-state index contributed by atoms with van der Waals surface area (Å²) >= 11 is 0. The maximum Gasteiger partial charge on any atom is 0.252 e. The molecule has 0 unspecified atom stereocenters. The summed E-state index contributed by atoms with van der Waals surface area (Å²) < 4.78 is 7.12. The van der Waals surface area contributed by atoms with Crippen molar-refractivity contribution < 1.29 is 4.42 Å². The third-order valence-electron chi connectivity index (χ3n) is 9.94. The van der Waals surface area contributed by atoms with Crippen molar-refractivity contribution in [3.05, 3.63) is 106 Å². The molecule has 1 aliphatic carbocycles. The second-order valence-electron chi connectivity index (χ2n) is 12.9. The lowest BCUT2D eigenvalue weighted by Crippen LogP contribution is -2.64. The molecular weight excluding hydrogens is 485 g/mol. The average molecular weight is 522 g/mol. The molecular formula is C37H36BNO. The Morgan fingerprint density at radius 2 is 1.70 bits per heavy atom. The Balaban J connectivity index is 1.52.